The monoisotopic (exact) mass is 351 g/mol. The van der Waals surface area contributed by atoms with Gasteiger partial charge in [-0.25, -0.2) is 9.50 Å². The van der Waals surface area contributed by atoms with Gasteiger partial charge >= 0.3 is 0 Å². The lowest BCUT2D eigenvalue weighted by Crippen LogP contribution is -2.30. The van der Waals surface area contributed by atoms with Gasteiger partial charge in [0.15, 0.2) is 5.65 Å². The van der Waals surface area contributed by atoms with Crippen LogP contribution < -0.4 is 0 Å². The van der Waals surface area contributed by atoms with Gasteiger partial charge in [0, 0.05) is 43.3 Å². The van der Waals surface area contributed by atoms with Gasteiger partial charge in [0.1, 0.15) is 0 Å². The van der Waals surface area contributed by atoms with E-state index in [9.17, 15) is 4.79 Å². The number of pyridine rings is 1. The summed E-state index contributed by atoms with van der Waals surface area (Å²) in [6, 6.07) is 5.88. The quantitative estimate of drug-likeness (QED) is 0.708. The minimum absolute atomic E-state index is 0.0158. The molecule has 0 spiro atoms. The molecule has 0 aliphatic heterocycles. The van der Waals surface area contributed by atoms with Gasteiger partial charge < -0.3 is 4.90 Å². The molecule has 26 heavy (non-hydrogen) atoms. The molecule has 1 amide bonds. The third-order valence-corrected chi connectivity index (χ3v) is 5.04. The van der Waals surface area contributed by atoms with Gasteiger partial charge in [-0.05, 0) is 57.4 Å². The van der Waals surface area contributed by atoms with Crippen LogP contribution in [0.5, 0.6) is 0 Å². The Balaban J connectivity index is 1.74. The maximum Gasteiger partial charge on any atom is 0.223 e. The molecular weight excluding hydrogens is 326 g/mol. The molecule has 3 aromatic heterocycles. The first-order valence-electron chi connectivity index (χ1n) is 8.86. The standard InChI is InChI=1S/C20H25N5O/c1-13-12-19-22-14(2)18(16(4)25(19)23-13)6-7-20(26)24(5)15(3)17-8-10-21-11-9-17/h8-12,15H,6-7H2,1-5H3. The number of nitrogens with zero attached hydrogens (tertiary/aromatic N) is 5. The first-order chi connectivity index (χ1) is 12.4. The lowest BCUT2D eigenvalue weighted by molar-refractivity contribution is -0.131. The molecule has 0 fully saturated rings. The fourth-order valence-electron chi connectivity index (χ4n) is 3.29. The molecule has 1 atom stereocenters. The number of fused-ring (bicyclic) bond motifs is 1. The van der Waals surface area contributed by atoms with Gasteiger partial charge in [-0.3, -0.25) is 9.78 Å². The zero-order chi connectivity index (χ0) is 18.8. The first-order valence-corrected chi connectivity index (χ1v) is 8.86. The van der Waals surface area contributed by atoms with Gasteiger partial charge in [-0.15, -0.1) is 0 Å². The lowest BCUT2D eigenvalue weighted by Gasteiger charge is -2.25. The second-order valence-corrected chi connectivity index (χ2v) is 6.78. The molecule has 0 aromatic carbocycles. The summed E-state index contributed by atoms with van der Waals surface area (Å²) >= 11 is 0. The van der Waals surface area contributed by atoms with Crippen LogP contribution in [0.25, 0.3) is 5.65 Å². The van der Waals surface area contributed by atoms with Crippen LogP contribution in [0.3, 0.4) is 0 Å². The Morgan fingerprint density at radius 3 is 2.62 bits per heavy atom. The van der Waals surface area contributed by atoms with E-state index in [0.29, 0.717) is 12.8 Å². The Bertz CT molecular complexity index is 932. The van der Waals surface area contributed by atoms with Crippen LogP contribution in [0.2, 0.25) is 0 Å². The van der Waals surface area contributed by atoms with E-state index in [1.807, 2.05) is 57.5 Å². The number of aromatic nitrogens is 4. The van der Waals surface area contributed by atoms with Crippen LogP contribution in [0, 0.1) is 20.8 Å². The normalized spacial score (nSPS) is 12.3. The minimum atomic E-state index is 0.0158. The molecule has 0 radical (unpaired) electrons. The molecule has 0 aliphatic carbocycles. The molecule has 3 aromatic rings. The Hall–Kier alpha value is -2.76. The highest BCUT2D eigenvalue weighted by molar-refractivity contribution is 5.76. The van der Waals surface area contributed by atoms with Crippen molar-refractivity contribution in [2.45, 2.75) is 46.6 Å². The van der Waals surface area contributed by atoms with Gasteiger partial charge in [0.2, 0.25) is 5.91 Å². The molecular formula is C20H25N5O. The lowest BCUT2D eigenvalue weighted by atomic mass is 10.0. The molecule has 6 heteroatoms. The molecule has 3 heterocycles. The van der Waals surface area contributed by atoms with Gasteiger partial charge in [-0.1, -0.05) is 0 Å². The Morgan fingerprint density at radius 1 is 1.23 bits per heavy atom. The average molecular weight is 351 g/mol. The van der Waals surface area contributed by atoms with E-state index in [1.54, 1.807) is 17.3 Å². The summed E-state index contributed by atoms with van der Waals surface area (Å²) in [7, 11) is 1.85. The topological polar surface area (TPSA) is 63.4 Å². The van der Waals surface area contributed by atoms with Gasteiger partial charge in [-0.2, -0.15) is 5.10 Å². The van der Waals surface area contributed by atoms with E-state index in [2.05, 4.69) is 15.1 Å². The molecule has 0 N–H and O–H groups in total. The van der Waals surface area contributed by atoms with Crippen LogP contribution in [-0.2, 0) is 11.2 Å². The Labute approximate surface area is 153 Å². The van der Waals surface area contributed by atoms with E-state index < -0.39 is 0 Å². The number of hydrogen-bond donors (Lipinski definition) is 0. The summed E-state index contributed by atoms with van der Waals surface area (Å²) in [6.45, 7) is 8.03. The highest BCUT2D eigenvalue weighted by Crippen LogP contribution is 2.21. The highest BCUT2D eigenvalue weighted by atomic mass is 16.2. The summed E-state index contributed by atoms with van der Waals surface area (Å²) in [6.07, 6.45) is 4.61. The van der Waals surface area contributed by atoms with Gasteiger partial charge in [0.05, 0.1) is 11.7 Å². The number of rotatable bonds is 5. The second kappa shape index (κ2) is 7.23. The van der Waals surface area contributed by atoms with Crippen LogP contribution in [0.15, 0.2) is 30.6 Å². The third-order valence-electron chi connectivity index (χ3n) is 5.04. The van der Waals surface area contributed by atoms with Crippen LogP contribution >= 0.6 is 0 Å². The van der Waals surface area contributed by atoms with E-state index in [0.717, 1.165) is 33.9 Å². The number of amides is 1. The van der Waals surface area contributed by atoms with E-state index in [1.165, 1.54) is 0 Å². The maximum absolute atomic E-state index is 12.7. The molecule has 1 unspecified atom stereocenters. The molecule has 0 bridgehead atoms. The third kappa shape index (κ3) is 3.45. The predicted octanol–water partition coefficient (Wildman–Crippen LogP) is 3.20. The van der Waals surface area contributed by atoms with Crippen molar-refractivity contribution in [3.05, 3.63) is 58.8 Å². The van der Waals surface area contributed by atoms with Crippen molar-refractivity contribution in [2.24, 2.45) is 0 Å². The van der Waals surface area contributed by atoms with Crippen molar-refractivity contribution in [3.63, 3.8) is 0 Å². The fraction of sp³-hybridized carbons (Fsp3) is 0.400. The minimum Gasteiger partial charge on any atom is -0.339 e. The molecule has 0 saturated heterocycles. The van der Waals surface area contributed by atoms with Crippen molar-refractivity contribution in [1.82, 2.24) is 24.5 Å². The van der Waals surface area contributed by atoms with E-state index >= 15 is 0 Å². The summed E-state index contributed by atoms with van der Waals surface area (Å²) < 4.78 is 1.87. The Morgan fingerprint density at radius 2 is 1.92 bits per heavy atom. The van der Waals surface area contributed by atoms with Crippen LogP contribution in [0.1, 0.15) is 47.6 Å². The summed E-state index contributed by atoms with van der Waals surface area (Å²) in [5.41, 5.74) is 6.00. The van der Waals surface area contributed by atoms with Crippen molar-refractivity contribution < 1.29 is 4.79 Å². The number of carbonyl (C=O) groups excluding carboxylic acids is 1. The highest BCUT2D eigenvalue weighted by Gasteiger charge is 2.19. The number of carbonyl (C=O) groups is 1. The zero-order valence-corrected chi connectivity index (χ0v) is 16.0. The summed E-state index contributed by atoms with van der Waals surface area (Å²) in [5, 5.41) is 4.50. The Kier molecular flexibility index (Phi) is 5.02. The van der Waals surface area contributed by atoms with E-state index in [4.69, 9.17) is 0 Å². The smallest absolute Gasteiger partial charge is 0.223 e. The van der Waals surface area contributed by atoms with Crippen molar-refractivity contribution >= 4 is 11.6 Å². The van der Waals surface area contributed by atoms with Gasteiger partial charge in [0.25, 0.3) is 0 Å². The van der Waals surface area contributed by atoms with E-state index in [-0.39, 0.29) is 11.9 Å². The van der Waals surface area contributed by atoms with Crippen LogP contribution in [0.4, 0.5) is 0 Å². The number of aryl methyl sites for hydroxylation is 3. The predicted molar refractivity (Wildman–Crippen MR) is 101 cm³/mol. The maximum atomic E-state index is 12.7. The molecule has 3 rings (SSSR count). The van der Waals surface area contributed by atoms with Crippen LogP contribution in [-0.4, -0.2) is 37.4 Å². The molecule has 0 saturated carbocycles. The summed E-state index contributed by atoms with van der Waals surface area (Å²) in [4.78, 5) is 23.2. The average Bonchev–Trinajstić information content (AvgIpc) is 3.01. The van der Waals surface area contributed by atoms with Crippen molar-refractivity contribution in [3.8, 4) is 0 Å². The summed E-state index contributed by atoms with van der Waals surface area (Å²) in [5.74, 6) is 0.116. The molecule has 136 valence electrons. The number of hydrogen-bond acceptors (Lipinski definition) is 4. The first kappa shape index (κ1) is 18.0. The van der Waals surface area contributed by atoms with Crippen molar-refractivity contribution in [2.75, 3.05) is 7.05 Å². The molecule has 6 nitrogen and oxygen atoms in total. The second-order valence-electron chi connectivity index (χ2n) is 6.78. The fourth-order valence-corrected chi connectivity index (χ4v) is 3.29. The van der Waals surface area contributed by atoms with Crippen molar-refractivity contribution in [1.29, 1.82) is 0 Å². The largest absolute Gasteiger partial charge is 0.339 e. The SMILES string of the molecule is Cc1cc2nc(C)c(CCC(=O)N(C)C(C)c3ccncc3)c(C)n2n1. The zero-order valence-electron chi connectivity index (χ0n) is 16.0. The molecule has 0 aliphatic rings.